The second-order valence-electron chi connectivity index (χ2n) is 7.82. The van der Waals surface area contributed by atoms with E-state index in [1.165, 1.54) is 18.2 Å². The Kier molecular flexibility index (Phi) is 5.85. The second kappa shape index (κ2) is 8.46. The largest absolute Gasteiger partial charge is 0.490 e. The van der Waals surface area contributed by atoms with Gasteiger partial charge in [-0.05, 0) is 69.5 Å². The Morgan fingerprint density at radius 1 is 1.09 bits per heavy atom. The average molecular weight is 459 g/mol. The summed E-state index contributed by atoms with van der Waals surface area (Å²) in [6.07, 6.45) is 1.35. The smallest absolute Gasteiger partial charge is 0.269 e. The molecule has 1 N–H and O–H groups in total. The first-order valence-corrected chi connectivity index (χ1v) is 12.1. The van der Waals surface area contributed by atoms with Gasteiger partial charge in [0, 0.05) is 11.6 Å². The lowest BCUT2D eigenvalue weighted by molar-refractivity contribution is 0.0863. The van der Waals surface area contributed by atoms with Crippen molar-refractivity contribution in [1.29, 1.82) is 0 Å². The van der Waals surface area contributed by atoms with Crippen LogP contribution in [0.15, 0.2) is 41.3 Å². The Morgan fingerprint density at radius 3 is 2.44 bits per heavy atom. The molecule has 1 fully saturated rings. The molecule has 170 valence electrons. The van der Waals surface area contributed by atoms with Crippen LogP contribution < -0.4 is 14.8 Å². The van der Waals surface area contributed by atoms with Gasteiger partial charge in [0.2, 0.25) is 0 Å². The van der Waals surface area contributed by atoms with E-state index in [2.05, 4.69) is 5.32 Å². The first-order chi connectivity index (χ1) is 15.3. The van der Waals surface area contributed by atoms with Crippen molar-refractivity contribution in [1.82, 2.24) is 9.62 Å². The normalized spacial score (nSPS) is 17.6. The molecule has 8 nitrogen and oxygen atoms in total. The summed E-state index contributed by atoms with van der Waals surface area (Å²) in [6, 6.07) is 9.01. The Bertz CT molecular complexity index is 1170. The second-order valence-corrected chi connectivity index (χ2v) is 9.60. The van der Waals surface area contributed by atoms with E-state index in [-0.39, 0.29) is 28.1 Å². The lowest BCUT2D eigenvalue weighted by Gasteiger charge is -2.18. The predicted molar refractivity (Wildman–Crippen MR) is 117 cm³/mol. The molecule has 1 unspecified atom stereocenters. The first-order valence-electron chi connectivity index (χ1n) is 10.7. The zero-order valence-electron chi connectivity index (χ0n) is 18.3. The van der Waals surface area contributed by atoms with Crippen LogP contribution in [-0.2, 0) is 10.0 Å². The molecule has 2 aromatic carbocycles. The van der Waals surface area contributed by atoms with Crippen molar-refractivity contribution >= 4 is 21.8 Å². The molecule has 2 amide bonds. The minimum absolute atomic E-state index is 0.102. The van der Waals surface area contributed by atoms with Gasteiger partial charge >= 0.3 is 0 Å². The zero-order valence-corrected chi connectivity index (χ0v) is 19.1. The van der Waals surface area contributed by atoms with E-state index in [1.54, 1.807) is 6.07 Å². The molecule has 1 atom stereocenters. The highest BCUT2D eigenvalue weighted by molar-refractivity contribution is 7.90. The molecule has 2 aliphatic rings. The van der Waals surface area contributed by atoms with Gasteiger partial charge in [0.25, 0.3) is 21.8 Å². The first kappa shape index (κ1) is 22.1. The summed E-state index contributed by atoms with van der Waals surface area (Å²) >= 11 is 0. The molecular weight excluding hydrogens is 432 g/mol. The van der Waals surface area contributed by atoms with Crippen LogP contribution in [0.1, 0.15) is 65.9 Å². The van der Waals surface area contributed by atoms with Gasteiger partial charge in [0.1, 0.15) is 4.90 Å². The molecule has 1 aliphatic carbocycles. The van der Waals surface area contributed by atoms with Crippen molar-refractivity contribution in [2.24, 2.45) is 0 Å². The van der Waals surface area contributed by atoms with E-state index in [0.717, 1.165) is 9.87 Å². The van der Waals surface area contributed by atoms with Gasteiger partial charge in [-0.2, -0.15) is 0 Å². The summed E-state index contributed by atoms with van der Waals surface area (Å²) in [5.74, 6) is 0.279. The van der Waals surface area contributed by atoms with Crippen LogP contribution in [-0.4, -0.2) is 43.8 Å². The fraction of sp³-hybridized carbons (Fsp3) is 0.391. The number of ether oxygens (including phenoxy) is 2. The fourth-order valence-electron chi connectivity index (χ4n) is 3.76. The molecule has 0 radical (unpaired) electrons. The summed E-state index contributed by atoms with van der Waals surface area (Å²) < 4.78 is 37.8. The number of hydrogen-bond acceptors (Lipinski definition) is 6. The number of rotatable bonds is 8. The maximum Gasteiger partial charge on any atom is 0.269 e. The summed E-state index contributed by atoms with van der Waals surface area (Å²) in [7, 11) is -3.92. The maximum atomic E-state index is 12.9. The maximum absolute atomic E-state index is 12.9. The van der Waals surface area contributed by atoms with Gasteiger partial charge in [-0.1, -0.05) is 6.07 Å². The lowest BCUT2D eigenvalue weighted by atomic mass is 10.1. The number of carbonyl (C=O) groups excluding carboxylic acids is 2. The molecule has 1 heterocycles. The van der Waals surface area contributed by atoms with Crippen LogP contribution in [0, 0.1) is 0 Å². The third kappa shape index (κ3) is 3.92. The van der Waals surface area contributed by atoms with Gasteiger partial charge < -0.3 is 14.8 Å². The van der Waals surface area contributed by atoms with Crippen molar-refractivity contribution in [3.8, 4) is 11.5 Å². The number of carbonyl (C=O) groups is 2. The number of nitrogens with zero attached hydrogens (tertiary/aromatic N) is 1. The lowest BCUT2D eigenvalue weighted by Crippen LogP contribution is -2.32. The molecule has 0 bridgehead atoms. The van der Waals surface area contributed by atoms with Crippen LogP contribution in [0.2, 0.25) is 0 Å². The average Bonchev–Trinajstić information content (AvgIpc) is 3.56. The highest BCUT2D eigenvalue weighted by Crippen LogP contribution is 2.39. The summed E-state index contributed by atoms with van der Waals surface area (Å²) in [4.78, 5) is 25.3. The van der Waals surface area contributed by atoms with Gasteiger partial charge in [-0.3, -0.25) is 9.59 Å². The van der Waals surface area contributed by atoms with E-state index in [0.29, 0.717) is 37.6 Å². The number of fused-ring (bicyclic) bond motifs is 1. The van der Waals surface area contributed by atoms with E-state index in [9.17, 15) is 18.0 Å². The van der Waals surface area contributed by atoms with Gasteiger partial charge in [-0.15, -0.1) is 0 Å². The Balaban J connectivity index is 1.55. The van der Waals surface area contributed by atoms with Gasteiger partial charge in [0.15, 0.2) is 11.5 Å². The van der Waals surface area contributed by atoms with Crippen molar-refractivity contribution in [3.05, 3.63) is 53.1 Å². The van der Waals surface area contributed by atoms with Crippen molar-refractivity contribution in [2.75, 3.05) is 13.2 Å². The predicted octanol–water partition coefficient (Wildman–Crippen LogP) is 3.28. The van der Waals surface area contributed by atoms with E-state index in [1.807, 2.05) is 32.9 Å². The number of nitrogens with one attached hydrogen (secondary N) is 1. The number of hydrogen-bond donors (Lipinski definition) is 1. The Hall–Kier alpha value is -3.07. The minimum Gasteiger partial charge on any atom is -0.490 e. The summed E-state index contributed by atoms with van der Waals surface area (Å²) in [6.45, 7) is 6.58. The van der Waals surface area contributed by atoms with Crippen LogP contribution in [0.5, 0.6) is 11.5 Å². The Morgan fingerprint density at radius 2 is 1.78 bits per heavy atom. The molecule has 1 aliphatic heterocycles. The molecule has 0 saturated heterocycles. The van der Waals surface area contributed by atoms with E-state index >= 15 is 0 Å². The number of amides is 2. The summed E-state index contributed by atoms with van der Waals surface area (Å²) in [5.41, 5.74) is 1.11. The molecule has 4 rings (SSSR count). The van der Waals surface area contributed by atoms with Crippen LogP contribution >= 0.6 is 0 Å². The molecule has 0 aromatic heterocycles. The molecule has 32 heavy (non-hydrogen) atoms. The van der Waals surface area contributed by atoms with E-state index in [4.69, 9.17) is 9.47 Å². The third-order valence-corrected chi connectivity index (χ3v) is 7.38. The molecule has 1 saturated carbocycles. The molecule has 0 spiro atoms. The molecule has 9 heteroatoms. The topological polar surface area (TPSA) is 102 Å². The van der Waals surface area contributed by atoms with E-state index < -0.39 is 21.8 Å². The van der Waals surface area contributed by atoms with Crippen molar-refractivity contribution < 1.29 is 27.5 Å². The highest BCUT2D eigenvalue weighted by atomic mass is 32.2. The van der Waals surface area contributed by atoms with Gasteiger partial charge in [0.05, 0.1) is 24.8 Å². The SMILES string of the molecule is CCOc1ccc(C(C)NC(=O)c2ccc3c(c2)S(=O)(=O)N(C2CC2)C3=O)cc1OCC. The zero-order chi connectivity index (χ0) is 23.0. The monoisotopic (exact) mass is 458 g/mol. The molecule has 2 aromatic rings. The highest BCUT2D eigenvalue weighted by Gasteiger charge is 2.48. The molecular formula is C23H26N2O6S. The van der Waals surface area contributed by atoms with Crippen molar-refractivity contribution in [3.63, 3.8) is 0 Å². The number of benzene rings is 2. The van der Waals surface area contributed by atoms with Gasteiger partial charge in [-0.25, -0.2) is 12.7 Å². The minimum atomic E-state index is -3.92. The van der Waals surface area contributed by atoms with Crippen LogP contribution in [0.25, 0.3) is 0 Å². The quantitative estimate of drug-likeness (QED) is 0.651. The standard InChI is InChI=1S/C23H26N2O6S/c1-4-30-19-11-7-15(12-20(19)31-5-2)14(3)24-22(26)16-6-10-18-21(13-16)32(28,29)25(23(18)27)17-8-9-17/h6-7,10-14,17H,4-5,8-9H2,1-3H3,(H,24,26). The number of sulfonamides is 1. The fourth-order valence-corrected chi connectivity index (χ4v) is 5.60. The van der Waals surface area contributed by atoms with Crippen LogP contribution in [0.4, 0.5) is 0 Å². The Labute approximate surface area is 187 Å². The van der Waals surface area contributed by atoms with Crippen molar-refractivity contribution in [2.45, 2.75) is 50.6 Å². The third-order valence-electron chi connectivity index (χ3n) is 5.50. The summed E-state index contributed by atoms with van der Waals surface area (Å²) in [5, 5.41) is 2.88. The van der Waals surface area contributed by atoms with Crippen LogP contribution in [0.3, 0.4) is 0 Å².